The number of hydrogen-bond acceptors (Lipinski definition) is 3. The Morgan fingerprint density at radius 2 is 2.29 bits per heavy atom. The number of carbonyl (C=O) groups is 2. The lowest BCUT2D eigenvalue weighted by Gasteiger charge is -2.23. The molecule has 1 atom stereocenters. The van der Waals surface area contributed by atoms with Crippen LogP contribution in [0.5, 0.6) is 0 Å². The van der Waals surface area contributed by atoms with Crippen molar-refractivity contribution in [2.24, 2.45) is 0 Å². The van der Waals surface area contributed by atoms with E-state index in [0.717, 1.165) is 0 Å². The van der Waals surface area contributed by atoms with Crippen molar-refractivity contribution in [2.45, 2.75) is 25.9 Å². The summed E-state index contributed by atoms with van der Waals surface area (Å²) in [6.45, 7) is 1.51. The van der Waals surface area contributed by atoms with Gasteiger partial charge >= 0.3 is 0 Å². The second kappa shape index (κ2) is 8.59. The van der Waals surface area contributed by atoms with E-state index >= 15 is 0 Å². The van der Waals surface area contributed by atoms with Crippen LogP contribution < -0.4 is 5.32 Å². The quantitative estimate of drug-likeness (QED) is 0.711. The van der Waals surface area contributed by atoms with Crippen LogP contribution in [-0.2, 0) is 16.1 Å². The largest absolute Gasteiger partial charge is 0.396 e. The van der Waals surface area contributed by atoms with Gasteiger partial charge in [0.1, 0.15) is 5.82 Å². The van der Waals surface area contributed by atoms with E-state index in [9.17, 15) is 14.0 Å². The van der Waals surface area contributed by atoms with E-state index in [1.54, 1.807) is 13.0 Å². The minimum Gasteiger partial charge on any atom is -0.396 e. The Hall–Kier alpha value is -1.66. The fourth-order valence-corrected chi connectivity index (χ4v) is 1.94. The topological polar surface area (TPSA) is 69.6 Å². The Labute approximate surface area is 127 Å². The molecule has 21 heavy (non-hydrogen) atoms. The van der Waals surface area contributed by atoms with Gasteiger partial charge in [0.15, 0.2) is 0 Å². The molecule has 1 aromatic rings. The van der Waals surface area contributed by atoms with E-state index in [1.807, 2.05) is 0 Å². The van der Waals surface area contributed by atoms with E-state index in [0.29, 0.717) is 12.8 Å². The fraction of sp³-hybridized carbons (Fsp3) is 0.429. The van der Waals surface area contributed by atoms with Gasteiger partial charge in [-0.2, -0.15) is 0 Å². The molecule has 0 aliphatic rings. The summed E-state index contributed by atoms with van der Waals surface area (Å²) >= 11 is 5.65. The number of halogens is 2. The molecule has 0 spiro atoms. The molecular formula is C14H18ClFN2O3. The Balaban J connectivity index is 2.53. The second-order valence-electron chi connectivity index (χ2n) is 4.63. The van der Waals surface area contributed by atoms with Crippen LogP contribution in [0.25, 0.3) is 0 Å². The third kappa shape index (κ3) is 5.32. The average Bonchev–Trinajstić information content (AvgIpc) is 2.46. The zero-order valence-corrected chi connectivity index (χ0v) is 12.4. The smallest absolute Gasteiger partial charge is 0.239 e. The summed E-state index contributed by atoms with van der Waals surface area (Å²) in [4.78, 5) is 24.0. The molecule has 1 unspecified atom stereocenters. The SMILES string of the molecule is CC(CCO)N(C=O)CC(=O)NCc1cccc(Cl)c1F. The highest BCUT2D eigenvalue weighted by Gasteiger charge is 2.15. The molecule has 1 rings (SSSR count). The average molecular weight is 317 g/mol. The summed E-state index contributed by atoms with van der Waals surface area (Å²) in [6, 6.07) is 4.29. The van der Waals surface area contributed by atoms with E-state index in [2.05, 4.69) is 5.32 Å². The molecule has 0 radical (unpaired) electrons. The Morgan fingerprint density at radius 1 is 1.57 bits per heavy atom. The summed E-state index contributed by atoms with van der Waals surface area (Å²) < 4.78 is 13.6. The normalized spacial score (nSPS) is 11.8. The number of rotatable bonds is 8. The maximum absolute atomic E-state index is 13.6. The van der Waals surface area contributed by atoms with Crippen LogP contribution in [0.1, 0.15) is 18.9 Å². The monoisotopic (exact) mass is 316 g/mol. The molecule has 116 valence electrons. The molecule has 0 saturated heterocycles. The van der Waals surface area contributed by atoms with Crippen molar-refractivity contribution in [3.8, 4) is 0 Å². The lowest BCUT2D eigenvalue weighted by molar-refractivity contribution is -0.129. The van der Waals surface area contributed by atoms with Crippen LogP contribution in [0.15, 0.2) is 18.2 Å². The van der Waals surface area contributed by atoms with Crippen molar-refractivity contribution >= 4 is 23.9 Å². The Morgan fingerprint density at radius 3 is 2.90 bits per heavy atom. The molecule has 2 N–H and O–H groups in total. The molecule has 2 amide bonds. The Bertz CT molecular complexity index is 499. The molecule has 0 bridgehead atoms. The van der Waals surface area contributed by atoms with Gasteiger partial charge in [-0.05, 0) is 19.4 Å². The minimum atomic E-state index is -0.569. The number of benzene rings is 1. The Kier molecular flexibility index (Phi) is 7.11. The van der Waals surface area contributed by atoms with Gasteiger partial charge in [0, 0.05) is 24.8 Å². The summed E-state index contributed by atoms with van der Waals surface area (Å²) in [7, 11) is 0. The first-order valence-electron chi connectivity index (χ1n) is 6.51. The first-order valence-corrected chi connectivity index (χ1v) is 6.88. The van der Waals surface area contributed by atoms with Gasteiger partial charge in [0.2, 0.25) is 12.3 Å². The summed E-state index contributed by atoms with van der Waals surface area (Å²) in [5, 5.41) is 11.3. The van der Waals surface area contributed by atoms with E-state index in [-0.39, 0.29) is 36.3 Å². The third-order valence-corrected chi connectivity index (χ3v) is 3.37. The second-order valence-corrected chi connectivity index (χ2v) is 5.04. The summed E-state index contributed by atoms with van der Waals surface area (Å²) in [5.41, 5.74) is 0.275. The number of nitrogens with zero attached hydrogens (tertiary/aromatic N) is 1. The maximum atomic E-state index is 13.6. The van der Waals surface area contributed by atoms with E-state index in [1.165, 1.54) is 17.0 Å². The number of amides is 2. The molecule has 0 aromatic heterocycles. The van der Waals surface area contributed by atoms with Crippen molar-refractivity contribution in [2.75, 3.05) is 13.2 Å². The number of nitrogens with one attached hydrogen (secondary N) is 1. The molecule has 0 aliphatic carbocycles. The van der Waals surface area contributed by atoms with E-state index in [4.69, 9.17) is 16.7 Å². The maximum Gasteiger partial charge on any atom is 0.239 e. The predicted octanol–water partition coefficient (Wildman–Crippen LogP) is 1.32. The van der Waals surface area contributed by atoms with Crippen LogP contribution >= 0.6 is 11.6 Å². The number of hydrogen-bond donors (Lipinski definition) is 2. The number of aliphatic hydroxyl groups excluding tert-OH is 1. The van der Waals surface area contributed by atoms with Gasteiger partial charge in [0.25, 0.3) is 0 Å². The molecule has 5 nitrogen and oxygen atoms in total. The van der Waals surface area contributed by atoms with Crippen LogP contribution in [0, 0.1) is 5.82 Å². The summed E-state index contributed by atoms with van der Waals surface area (Å²) in [6.07, 6.45) is 0.939. The van der Waals surface area contributed by atoms with Crippen molar-refractivity contribution in [1.29, 1.82) is 0 Å². The number of carbonyl (C=O) groups excluding carboxylic acids is 2. The van der Waals surface area contributed by atoms with Gasteiger partial charge in [-0.3, -0.25) is 9.59 Å². The minimum absolute atomic E-state index is 0.00663. The standard InChI is InChI=1S/C14H18ClFN2O3/c1-10(5-6-19)18(9-20)8-13(21)17-7-11-3-2-4-12(15)14(11)16/h2-4,9-10,19H,5-8H2,1H3,(H,17,21). The first kappa shape index (κ1) is 17.4. The molecule has 0 fully saturated rings. The third-order valence-electron chi connectivity index (χ3n) is 3.08. The molecule has 0 saturated carbocycles. The van der Waals surface area contributed by atoms with Crippen molar-refractivity contribution in [3.05, 3.63) is 34.6 Å². The molecule has 0 heterocycles. The molecular weight excluding hydrogens is 299 g/mol. The number of aliphatic hydroxyl groups is 1. The van der Waals surface area contributed by atoms with Crippen molar-refractivity contribution < 1.29 is 19.1 Å². The van der Waals surface area contributed by atoms with Crippen LogP contribution in [0.3, 0.4) is 0 Å². The van der Waals surface area contributed by atoms with E-state index < -0.39 is 11.7 Å². The van der Waals surface area contributed by atoms with Gasteiger partial charge in [-0.1, -0.05) is 23.7 Å². The van der Waals surface area contributed by atoms with Crippen LogP contribution in [0.2, 0.25) is 5.02 Å². The van der Waals surface area contributed by atoms with Gasteiger partial charge < -0.3 is 15.3 Å². The molecule has 0 aliphatic heterocycles. The van der Waals surface area contributed by atoms with Gasteiger partial charge in [-0.25, -0.2) is 4.39 Å². The van der Waals surface area contributed by atoms with Crippen molar-refractivity contribution in [3.63, 3.8) is 0 Å². The highest BCUT2D eigenvalue weighted by atomic mass is 35.5. The zero-order chi connectivity index (χ0) is 15.8. The highest BCUT2D eigenvalue weighted by molar-refractivity contribution is 6.30. The summed E-state index contributed by atoms with van der Waals surface area (Å²) in [5.74, 6) is -0.980. The predicted molar refractivity (Wildman–Crippen MR) is 77.2 cm³/mol. The van der Waals surface area contributed by atoms with Gasteiger partial charge in [-0.15, -0.1) is 0 Å². The van der Waals surface area contributed by atoms with Crippen LogP contribution in [-0.4, -0.2) is 41.5 Å². The van der Waals surface area contributed by atoms with Gasteiger partial charge in [0.05, 0.1) is 11.6 Å². The first-order chi connectivity index (χ1) is 9.99. The molecule has 1 aromatic carbocycles. The highest BCUT2D eigenvalue weighted by Crippen LogP contribution is 2.17. The molecule has 7 heteroatoms. The zero-order valence-electron chi connectivity index (χ0n) is 11.7. The lowest BCUT2D eigenvalue weighted by atomic mass is 10.2. The van der Waals surface area contributed by atoms with Crippen LogP contribution in [0.4, 0.5) is 4.39 Å². The lowest BCUT2D eigenvalue weighted by Crippen LogP contribution is -2.41. The fourth-order valence-electron chi connectivity index (χ4n) is 1.75. The van der Waals surface area contributed by atoms with Crippen molar-refractivity contribution in [1.82, 2.24) is 10.2 Å².